The smallest absolute Gasteiger partial charge is 0.410 e. The molecule has 1 amide bonds. The Kier molecular flexibility index (Phi) is 6.24. The number of nitrogens with two attached hydrogens (primary N) is 1. The van der Waals surface area contributed by atoms with E-state index in [1.807, 2.05) is 20.8 Å². The Hall–Kier alpha value is -1.59. The molecule has 0 spiro atoms. The van der Waals surface area contributed by atoms with E-state index in [1.165, 1.54) is 5.56 Å². The van der Waals surface area contributed by atoms with Gasteiger partial charge in [-0.2, -0.15) is 0 Å². The monoisotopic (exact) mass is 334 g/mol. The molecule has 0 aliphatic carbocycles. The minimum atomic E-state index is -0.522. The van der Waals surface area contributed by atoms with Crippen LogP contribution in [-0.2, 0) is 15.9 Å². The first kappa shape index (κ1) is 18.7. The molecule has 2 unspecified atom stereocenters. The van der Waals surface area contributed by atoms with Crippen LogP contribution in [0.5, 0.6) is 0 Å². The number of ether oxygens (including phenoxy) is 2. The number of amides is 1. The fourth-order valence-corrected chi connectivity index (χ4v) is 2.88. The lowest BCUT2D eigenvalue weighted by molar-refractivity contribution is -0.0382. The molecule has 5 nitrogen and oxygen atoms in total. The Bertz CT molecular complexity index is 537. The van der Waals surface area contributed by atoms with Crippen LogP contribution in [0.15, 0.2) is 24.3 Å². The van der Waals surface area contributed by atoms with Gasteiger partial charge in [-0.1, -0.05) is 37.6 Å². The van der Waals surface area contributed by atoms with Crippen molar-refractivity contribution in [2.24, 2.45) is 5.73 Å². The second-order valence-electron chi connectivity index (χ2n) is 7.33. The van der Waals surface area contributed by atoms with Crippen LogP contribution in [0.3, 0.4) is 0 Å². The molecule has 1 aliphatic rings. The first-order chi connectivity index (χ1) is 11.3. The normalized spacial score (nSPS) is 19.9. The number of carbonyl (C=O) groups is 1. The molecule has 1 saturated heterocycles. The van der Waals surface area contributed by atoms with E-state index in [-0.39, 0.29) is 18.2 Å². The van der Waals surface area contributed by atoms with Crippen molar-refractivity contribution in [2.45, 2.75) is 58.2 Å². The highest BCUT2D eigenvalue weighted by atomic mass is 16.6. The Labute approximate surface area is 145 Å². The quantitative estimate of drug-likeness (QED) is 0.918. The third-order valence-corrected chi connectivity index (χ3v) is 4.11. The van der Waals surface area contributed by atoms with Gasteiger partial charge in [0.15, 0.2) is 0 Å². The fourth-order valence-electron chi connectivity index (χ4n) is 2.88. The summed E-state index contributed by atoms with van der Waals surface area (Å²) in [5, 5.41) is 0. The summed E-state index contributed by atoms with van der Waals surface area (Å²) in [6.45, 7) is 9.21. The van der Waals surface area contributed by atoms with Crippen LogP contribution >= 0.6 is 0 Å². The van der Waals surface area contributed by atoms with Crippen molar-refractivity contribution >= 4 is 6.09 Å². The van der Waals surface area contributed by atoms with Gasteiger partial charge in [-0.05, 0) is 38.3 Å². The van der Waals surface area contributed by atoms with Gasteiger partial charge < -0.3 is 15.2 Å². The van der Waals surface area contributed by atoms with Crippen LogP contribution < -0.4 is 5.73 Å². The molecule has 1 fully saturated rings. The molecule has 0 aromatic heterocycles. The maximum Gasteiger partial charge on any atom is 0.410 e. The van der Waals surface area contributed by atoms with Gasteiger partial charge in [-0.25, -0.2) is 4.79 Å². The van der Waals surface area contributed by atoms with Crippen LogP contribution in [-0.4, -0.2) is 42.4 Å². The van der Waals surface area contributed by atoms with Crippen molar-refractivity contribution in [3.63, 3.8) is 0 Å². The molecule has 0 radical (unpaired) electrons. The van der Waals surface area contributed by atoms with Crippen LogP contribution in [0.2, 0.25) is 0 Å². The summed E-state index contributed by atoms with van der Waals surface area (Å²) < 4.78 is 11.1. The van der Waals surface area contributed by atoms with Gasteiger partial charge in [0.25, 0.3) is 0 Å². The van der Waals surface area contributed by atoms with Crippen molar-refractivity contribution in [2.75, 3.05) is 19.8 Å². The Balaban J connectivity index is 2.12. The average molecular weight is 334 g/mol. The lowest BCUT2D eigenvalue weighted by Crippen LogP contribution is -2.54. The molecule has 0 bridgehead atoms. The summed E-state index contributed by atoms with van der Waals surface area (Å²) in [7, 11) is 0. The molecule has 1 aromatic carbocycles. The van der Waals surface area contributed by atoms with E-state index in [9.17, 15) is 4.79 Å². The summed E-state index contributed by atoms with van der Waals surface area (Å²) in [5.74, 6) is 0. The van der Waals surface area contributed by atoms with E-state index < -0.39 is 5.60 Å². The molecule has 2 rings (SSSR count). The van der Waals surface area contributed by atoms with Gasteiger partial charge in [0.05, 0.1) is 25.3 Å². The van der Waals surface area contributed by atoms with Gasteiger partial charge >= 0.3 is 6.09 Å². The summed E-state index contributed by atoms with van der Waals surface area (Å²) in [6, 6.07) is 7.81. The van der Waals surface area contributed by atoms with Crippen LogP contribution in [0.25, 0.3) is 0 Å². The SMILES string of the molecule is CCCc1ccc(C(N)C2COCCN2C(=O)OC(C)(C)C)cc1. The molecule has 1 heterocycles. The highest BCUT2D eigenvalue weighted by Gasteiger charge is 2.35. The largest absolute Gasteiger partial charge is 0.444 e. The maximum absolute atomic E-state index is 12.5. The molecule has 5 heteroatoms. The zero-order valence-electron chi connectivity index (χ0n) is 15.2. The third-order valence-electron chi connectivity index (χ3n) is 4.11. The fraction of sp³-hybridized carbons (Fsp3) is 0.632. The zero-order chi connectivity index (χ0) is 17.7. The molecular weight excluding hydrogens is 304 g/mol. The first-order valence-corrected chi connectivity index (χ1v) is 8.73. The van der Waals surface area contributed by atoms with E-state index in [0.717, 1.165) is 18.4 Å². The number of morpholine rings is 1. The molecule has 2 atom stereocenters. The Morgan fingerprint density at radius 1 is 1.38 bits per heavy atom. The zero-order valence-corrected chi connectivity index (χ0v) is 15.2. The number of rotatable bonds is 4. The highest BCUT2D eigenvalue weighted by molar-refractivity contribution is 5.69. The van der Waals surface area contributed by atoms with Crippen LogP contribution in [0.1, 0.15) is 51.3 Å². The van der Waals surface area contributed by atoms with Gasteiger partial charge in [0, 0.05) is 6.54 Å². The van der Waals surface area contributed by atoms with E-state index in [0.29, 0.717) is 19.8 Å². The van der Waals surface area contributed by atoms with Gasteiger partial charge in [0.2, 0.25) is 0 Å². The van der Waals surface area contributed by atoms with Crippen molar-refractivity contribution < 1.29 is 14.3 Å². The molecule has 134 valence electrons. The minimum absolute atomic E-state index is 0.217. The summed E-state index contributed by atoms with van der Waals surface area (Å²) in [6.07, 6.45) is 1.86. The van der Waals surface area contributed by atoms with Gasteiger partial charge in [-0.3, -0.25) is 4.90 Å². The molecule has 0 saturated carbocycles. The summed E-state index contributed by atoms with van der Waals surface area (Å²) in [4.78, 5) is 14.2. The van der Waals surface area contributed by atoms with Gasteiger partial charge in [0.1, 0.15) is 5.60 Å². The molecule has 1 aromatic rings. The van der Waals surface area contributed by atoms with Crippen molar-refractivity contribution in [1.82, 2.24) is 4.90 Å². The topological polar surface area (TPSA) is 64.8 Å². The number of hydrogen-bond acceptors (Lipinski definition) is 4. The highest BCUT2D eigenvalue weighted by Crippen LogP contribution is 2.24. The predicted octanol–water partition coefficient (Wildman–Crippen LogP) is 3.27. The third kappa shape index (κ3) is 4.95. The number of nitrogens with zero attached hydrogens (tertiary/aromatic N) is 1. The van der Waals surface area contributed by atoms with Crippen molar-refractivity contribution in [1.29, 1.82) is 0 Å². The Morgan fingerprint density at radius 2 is 2.04 bits per heavy atom. The van der Waals surface area contributed by atoms with Crippen LogP contribution in [0, 0.1) is 0 Å². The van der Waals surface area contributed by atoms with Crippen LogP contribution in [0.4, 0.5) is 4.79 Å². The van der Waals surface area contributed by atoms with E-state index >= 15 is 0 Å². The van der Waals surface area contributed by atoms with E-state index in [2.05, 4.69) is 31.2 Å². The standard InChI is InChI=1S/C19H30N2O3/c1-5-6-14-7-9-15(10-8-14)17(20)16-13-23-12-11-21(16)18(22)24-19(2,3)4/h7-10,16-17H,5-6,11-13,20H2,1-4H3. The number of aryl methyl sites for hydroxylation is 1. The van der Waals surface area contributed by atoms with Gasteiger partial charge in [-0.15, -0.1) is 0 Å². The summed E-state index contributed by atoms with van der Waals surface area (Å²) in [5.41, 5.74) is 8.25. The first-order valence-electron chi connectivity index (χ1n) is 8.73. The van der Waals surface area contributed by atoms with E-state index in [4.69, 9.17) is 15.2 Å². The minimum Gasteiger partial charge on any atom is -0.444 e. The number of benzene rings is 1. The second kappa shape index (κ2) is 7.99. The number of hydrogen-bond donors (Lipinski definition) is 1. The number of carbonyl (C=O) groups excluding carboxylic acids is 1. The predicted molar refractivity (Wildman–Crippen MR) is 94.9 cm³/mol. The Morgan fingerprint density at radius 3 is 2.62 bits per heavy atom. The molecule has 2 N–H and O–H groups in total. The second-order valence-corrected chi connectivity index (χ2v) is 7.33. The van der Waals surface area contributed by atoms with Crippen molar-refractivity contribution in [3.05, 3.63) is 35.4 Å². The van der Waals surface area contributed by atoms with Crippen molar-refractivity contribution in [3.8, 4) is 0 Å². The molecule has 1 aliphatic heterocycles. The van der Waals surface area contributed by atoms with E-state index in [1.54, 1.807) is 4.90 Å². The maximum atomic E-state index is 12.5. The molecule has 24 heavy (non-hydrogen) atoms. The average Bonchev–Trinajstić information content (AvgIpc) is 2.53. The molecular formula is C19H30N2O3. The lowest BCUT2D eigenvalue weighted by atomic mass is 9.97. The summed E-state index contributed by atoms with van der Waals surface area (Å²) >= 11 is 0. The lowest BCUT2D eigenvalue weighted by Gasteiger charge is -2.39.